The van der Waals surface area contributed by atoms with E-state index in [2.05, 4.69) is 33.0 Å². The zero-order chi connectivity index (χ0) is 9.83. The summed E-state index contributed by atoms with van der Waals surface area (Å²) in [6.07, 6.45) is 1.11. The first-order valence-electron chi connectivity index (χ1n) is 4.74. The molecule has 0 aromatic carbocycles. The molecule has 0 saturated heterocycles. The number of rotatable bonds is 4. The van der Waals surface area contributed by atoms with Gasteiger partial charge in [0.1, 0.15) is 0 Å². The SMILES string of the molecule is CCCNCC(C)(O)C(C)(C)C. The summed E-state index contributed by atoms with van der Waals surface area (Å²) in [5.74, 6) is 0. The van der Waals surface area contributed by atoms with Crippen LogP contribution in [0.15, 0.2) is 0 Å². The van der Waals surface area contributed by atoms with E-state index >= 15 is 0 Å². The molecule has 0 amide bonds. The van der Waals surface area contributed by atoms with Crippen molar-refractivity contribution in [2.24, 2.45) is 5.41 Å². The van der Waals surface area contributed by atoms with Gasteiger partial charge in [0.25, 0.3) is 0 Å². The molecule has 2 N–H and O–H groups in total. The Morgan fingerprint density at radius 2 is 1.67 bits per heavy atom. The molecular weight excluding hydrogens is 150 g/mol. The lowest BCUT2D eigenvalue weighted by Crippen LogP contribution is -2.48. The van der Waals surface area contributed by atoms with Crippen LogP contribution in [0.5, 0.6) is 0 Å². The van der Waals surface area contributed by atoms with Gasteiger partial charge in [0.05, 0.1) is 5.60 Å². The van der Waals surface area contributed by atoms with Crippen LogP contribution < -0.4 is 5.32 Å². The molecule has 0 rings (SSSR count). The van der Waals surface area contributed by atoms with Gasteiger partial charge in [0.15, 0.2) is 0 Å². The van der Waals surface area contributed by atoms with E-state index in [9.17, 15) is 5.11 Å². The highest BCUT2D eigenvalue weighted by atomic mass is 16.3. The molecule has 0 aromatic rings. The quantitative estimate of drug-likeness (QED) is 0.635. The lowest BCUT2D eigenvalue weighted by Gasteiger charge is -2.37. The summed E-state index contributed by atoms with van der Waals surface area (Å²) >= 11 is 0. The summed E-state index contributed by atoms with van der Waals surface area (Å²) in [5.41, 5.74) is -0.685. The van der Waals surface area contributed by atoms with Gasteiger partial charge in [-0.3, -0.25) is 0 Å². The van der Waals surface area contributed by atoms with Crippen LogP contribution in [0.3, 0.4) is 0 Å². The molecule has 2 nitrogen and oxygen atoms in total. The maximum atomic E-state index is 10.0. The number of nitrogens with one attached hydrogen (secondary N) is 1. The lowest BCUT2D eigenvalue weighted by atomic mass is 9.78. The van der Waals surface area contributed by atoms with Crippen LogP contribution in [0.25, 0.3) is 0 Å². The van der Waals surface area contributed by atoms with Gasteiger partial charge in [-0.2, -0.15) is 0 Å². The monoisotopic (exact) mass is 173 g/mol. The van der Waals surface area contributed by atoms with Crippen molar-refractivity contribution >= 4 is 0 Å². The third-order valence-corrected chi connectivity index (χ3v) is 2.51. The average Bonchev–Trinajstić information content (AvgIpc) is 1.85. The van der Waals surface area contributed by atoms with Crippen LogP contribution in [0.2, 0.25) is 0 Å². The number of hydrogen-bond acceptors (Lipinski definition) is 2. The Morgan fingerprint density at radius 3 is 2.00 bits per heavy atom. The molecule has 0 aliphatic rings. The van der Waals surface area contributed by atoms with Crippen LogP contribution >= 0.6 is 0 Å². The smallest absolute Gasteiger partial charge is 0.0791 e. The van der Waals surface area contributed by atoms with E-state index in [1.165, 1.54) is 0 Å². The van der Waals surface area contributed by atoms with Gasteiger partial charge < -0.3 is 10.4 Å². The van der Waals surface area contributed by atoms with Gasteiger partial charge in [-0.15, -0.1) is 0 Å². The average molecular weight is 173 g/mol. The van der Waals surface area contributed by atoms with E-state index in [1.807, 2.05) is 6.92 Å². The second-order valence-corrected chi connectivity index (χ2v) is 4.70. The van der Waals surface area contributed by atoms with Crippen LogP contribution in [0.4, 0.5) is 0 Å². The zero-order valence-electron chi connectivity index (χ0n) is 9.07. The topological polar surface area (TPSA) is 32.3 Å². The highest BCUT2D eigenvalue weighted by Gasteiger charge is 2.34. The summed E-state index contributed by atoms with van der Waals surface area (Å²) in [5, 5.41) is 13.2. The number of hydrogen-bond donors (Lipinski definition) is 2. The predicted octanol–water partition coefficient (Wildman–Crippen LogP) is 1.78. The van der Waals surface area contributed by atoms with E-state index in [-0.39, 0.29) is 5.41 Å². The molecule has 1 unspecified atom stereocenters. The van der Waals surface area contributed by atoms with Gasteiger partial charge in [0, 0.05) is 6.54 Å². The maximum Gasteiger partial charge on any atom is 0.0791 e. The third kappa shape index (κ3) is 3.55. The molecule has 0 aliphatic heterocycles. The minimum atomic E-state index is -0.623. The van der Waals surface area contributed by atoms with Gasteiger partial charge in [0.2, 0.25) is 0 Å². The molecule has 0 heterocycles. The molecule has 0 radical (unpaired) electrons. The summed E-state index contributed by atoms with van der Waals surface area (Å²) in [4.78, 5) is 0. The molecule has 0 spiro atoms. The second-order valence-electron chi connectivity index (χ2n) is 4.70. The summed E-state index contributed by atoms with van der Waals surface area (Å²) in [7, 11) is 0. The van der Waals surface area contributed by atoms with Gasteiger partial charge >= 0.3 is 0 Å². The highest BCUT2D eigenvalue weighted by Crippen LogP contribution is 2.28. The Hall–Kier alpha value is -0.0800. The molecule has 0 saturated carbocycles. The van der Waals surface area contributed by atoms with E-state index in [0.717, 1.165) is 13.0 Å². The van der Waals surface area contributed by atoms with Crippen LogP contribution in [-0.4, -0.2) is 23.8 Å². The Kier molecular flexibility index (Phi) is 4.21. The van der Waals surface area contributed by atoms with Gasteiger partial charge in [-0.05, 0) is 25.3 Å². The Labute approximate surface area is 76.4 Å². The van der Waals surface area contributed by atoms with Crippen molar-refractivity contribution < 1.29 is 5.11 Å². The molecule has 12 heavy (non-hydrogen) atoms. The lowest BCUT2D eigenvalue weighted by molar-refractivity contribution is -0.0392. The van der Waals surface area contributed by atoms with Crippen LogP contribution in [0.1, 0.15) is 41.0 Å². The van der Waals surface area contributed by atoms with Crippen LogP contribution in [-0.2, 0) is 0 Å². The third-order valence-electron chi connectivity index (χ3n) is 2.51. The summed E-state index contributed by atoms with van der Waals surface area (Å²) < 4.78 is 0. The minimum absolute atomic E-state index is 0.0618. The van der Waals surface area contributed by atoms with Crippen molar-refractivity contribution in [2.45, 2.75) is 46.6 Å². The van der Waals surface area contributed by atoms with Crippen molar-refractivity contribution in [2.75, 3.05) is 13.1 Å². The van der Waals surface area contributed by atoms with Crippen molar-refractivity contribution in [3.05, 3.63) is 0 Å². The molecule has 0 aliphatic carbocycles. The Morgan fingerprint density at radius 1 is 1.17 bits per heavy atom. The van der Waals surface area contributed by atoms with E-state index in [0.29, 0.717) is 6.54 Å². The zero-order valence-corrected chi connectivity index (χ0v) is 9.07. The molecule has 0 bridgehead atoms. The van der Waals surface area contributed by atoms with Gasteiger partial charge in [-0.25, -0.2) is 0 Å². The minimum Gasteiger partial charge on any atom is -0.388 e. The predicted molar refractivity (Wildman–Crippen MR) is 53.2 cm³/mol. The molecule has 0 fully saturated rings. The normalized spacial score (nSPS) is 17.5. The maximum absolute atomic E-state index is 10.0. The molecule has 1 atom stereocenters. The Bertz CT molecular complexity index is 124. The first-order chi connectivity index (χ1) is 5.31. The molecule has 0 aromatic heterocycles. The number of aliphatic hydroxyl groups is 1. The van der Waals surface area contributed by atoms with Crippen molar-refractivity contribution in [1.82, 2.24) is 5.32 Å². The fraction of sp³-hybridized carbons (Fsp3) is 1.00. The standard InChI is InChI=1S/C10H23NO/c1-6-7-11-8-10(5,12)9(2,3)4/h11-12H,6-8H2,1-5H3. The van der Waals surface area contributed by atoms with E-state index in [1.54, 1.807) is 0 Å². The molecule has 74 valence electrons. The fourth-order valence-electron chi connectivity index (χ4n) is 0.774. The summed E-state index contributed by atoms with van der Waals surface area (Å²) in [6.45, 7) is 11.8. The summed E-state index contributed by atoms with van der Waals surface area (Å²) in [6, 6.07) is 0. The fourth-order valence-corrected chi connectivity index (χ4v) is 0.774. The molecular formula is C10H23NO. The van der Waals surface area contributed by atoms with Gasteiger partial charge in [-0.1, -0.05) is 27.7 Å². The van der Waals surface area contributed by atoms with Crippen molar-refractivity contribution in [3.8, 4) is 0 Å². The highest BCUT2D eigenvalue weighted by molar-refractivity contribution is 4.87. The van der Waals surface area contributed by atoms with Crippen molar-refractivity contribution in [3.63, 3.8) is 0 Å². The van der Waals surface area contributed by atoms with Crippen LogP contribution in [0, 0.1) is 5.41 Å². The first-order valence-corrected chi connectivity index (χ1v) is 4.74. The molecule has 2 heteroatoms. The van der Waals surface area contributed by atoms with E-state index < -0.39 is 5.60 Å². The van der Waals surface area contributed by atoms with Crippen molar-refractivity contribution in [1.29, 1.82) is 0 Å². The Balaban J connectivity index is 3.88. The second kappa shape index (κ2) is 4.24. The largest absolute Gasteiger partial charge is 0.388 e. The van der Waals surface area contributed by atoms with E-state index in [4.69, 9.17) is 0 Å². The first kappa shape index (κ1) is 11.9.